The smallest absolute Gasteiger partial charge is 0.225 e. The number of anilines is 1. The molecule has 0 aliphatic heterocycles. The number of nitrogens with one attached hydrogen (secondary N) is 1. The topological polar surface area (TPSA) is 50.8 Å². The predicted molar refractivity (Wildman–Crippen MR) is 120 cm³/mol. The number of ether oxygens (including phenoxy) is 2. The van der Waals surface area contributed by atoms with Crippen LogP contribution in [-0.2, 0) is 11.3 Å². The Morgan fingerprint density at radius 3 is 2.40 bits per heavy atom. The molecule has 1 saturated carbocycles. The van der Waals surface area contributed by atoms with Crippen molar-refractivity contribution in [3.8, 4) is 11.5 Å². The summed E-state index contributed by atoms with van der Waals surface area (Å²) >= 11 is 0. The molecule has 1 aliphatic carbocycles. The largest absolute Gasteiger partial charge is 0.497 e. The lowest BCUT2D eigenvalue weighted by molar-refractivity contribution is -0.116. The van der Waals surface area contributed by atoms with Crippen molar-refractivity contribution in [1.29, 1.82) is 0 Å². The maximum absolute atomic E-state index is 12.6. The van der Waals surface area contributed by atoms with Crippen molar-refractivity contribution in [2.45, 2.75) is 31.8 Å². The van der Waals surface area contributed by atoms with E-state index in [-0.39, 0.29) is 5.91 Å². The first-order valence-corrected chi connectivity index (χ1v) is 10.4. The van der Waals surface area contributed by atoms with Crippen molar-refractivity contribution >= 4 is 22.4 Å². The first-order chi connectivity index (χ1) is 14.7. The number of carbonyl (C=O) groups excluding carboxylic acids is 1. The lowest BCUT2D eigenvalue weighted by Gasteiger charge is -2.23. The van der Waals surface area contributed by atoms with Crippen LogP contribution in [-0.4, -0.2) is 37.6 Å². The van der Waals surface area contributed by atoms with E-state index in [9.17, 15) is 4.79 Å². The Bertz CT molecular complexity index is 1000. The van der Waals surface area contributed by atoms with E-state index in [1.165, 1.54) is 29.2 Å². The molecule has 1 aliphatic rings. The second-order valence-corrected chi connectivity index (χ2v) is 7.74. The van der Waals surface area contributed by atoms with E-state index in [0.717, 1.165) is 13.1 Å². The molecule has 1 fully saturated rings. The van der Waals surface area contributed by atoms with E-state index in [2.05, 4.69) is 52.7 Å². The molecule has 0 bridgehead atoms. The number of nitrogens with zero attached hydrogens (tertiary/aromatic N) is 1. The molecule has 0 heterocycles. The van der Waals surface area contributed by atoms with Crippen molar-refractivity contribution in [2.24, 2.45) is 0 Å². The van der Waals surface area contributed by atoms with Gasteiger partial charge in [-0.3, -0.25) is 9.69 Å². The van der Waals surface area contributed by atoms with Gasteiger partial charge in [0.2, 0.25) is 5.91 Å². The molecule has 5 heteroatoms. The van der Waals surface area contributed by atoms with Crippen molar-refractivity contribution in [3.63, 3.8) is 0 Å². The van der Waals surface area contributed by atoms with Gasteiger partial charge < -0.3 is 14.8 Å². The van der Waals surface area contributed by atoms with Crippen LogP contribution in [0, 0.1) is 0 Å². The second-order valence-electron chi connectivity index (χ2n) is 7.74. The zero-order chi connectivity index (χ0) is 20.9. The van der Waals surface area contributed by atoms with Crippen LogP contribution in [0.1, 0.15) is 24.8 Å². The minimum atomic E-state index is -0.00567. The van der Waals surface area contributed by atoms with Gasteiger partial charge in [0.1, 0.15) is 11.5 Å². The highest BCUT2D eigenvalue weighted by atomic mass is 16.5. The quantitative estimate of drug-likeness (QED) is 0.554. The molecular formula is C25H28N2O3. The lowest BCUT2D eigenvalue weighted by Crippen LogP contribution is -2.29. The maximum atomic E-state index is 12.6. The minimum absolute atomic E-state index is 0.00567. The van der Waals surface area contributed by atoms with E-state index >= 15 is 0 Å². The van der Waals surface area contributed by atoms with Crippen molar-refractivity contribution in [3.05, 3.63) is 66.2 Å². The second kappa shape index (κ2) is 9.18. The molecule has 3 aromatic rings. The third-order valence-corrected chi connectivity index (χ3v) is 5.58. The van der Waals surface area contributed by atoms with Gasteiger partial charge in [0, 0.05) is 49.4 Å². The molecule has 30 heavy (non-hydrogen) atoms. The van der Waals surface area contributed by atoms with Crippen LogP contribution in [0.25, 0.3) is 10.8 Å². The molecule has 1 N–H and O–H groups in total. The molecule has 0 spiro atoms. The minimum Gasteiger partial charge on any atom is -0.497 e. The number of hydrogen-bond donors (Lipinski definition) is 1. The summed E-state index contributed by atoms with van der Waals surface area (Å²) in [6.07, 6.45) is 2.86. The summed E-state index contributed by atoms with van der Waals surface area (Å²) in [4.78, 5) is 15.0. The lowest BCUT2D eigenvalue weighted by atomic mass is 10.0. The number of amides is 1. The van der Waals surface area contributed by atoms with Gasteiger partial charge in [-0.15, -0.1) is 0 Å². The predicted octanol–water partition coefficient (Wildman–Crippen LogP) is 4.85. The molecule has 156 valence electrons. The molecule has 0 unspecified atom stereocenters. The molecular weight excluding hydrogens is 376 g/mol. The van der Waals surface area contributed by atoms with Crippen LogP contribution in [0.5, 0.6) is 11.5 Å². The summed E-state index contributed by atoms with van der Waals surface area (Å²) in [6, 6.07) is 20.9. The van der Waals surface area contributed by atoms with Gasteiger partial charge in [-0.05, 0) is 29.2 Å². The number of benzene rings is 3. The van der Waals surface area contributed by atoms with Crippen LogP contribution < -0.4 is 14.8 Å². The molecule has 0 aromatic heterocycles. The Kier molecular flexibility index (Phi) is 6.19. The molecule has 0 radical (unpaired) electrons. The van der Waals surface area contributed by atoms with Crippen LogP contribution in [0.2, 0.25) is 0 Å². The average molecular weight is 405 g/mol. The first-order valence-electron chi connectivity index (χ1n) is 10.4. The van der Waals surface area contributed by atoms with Crippen LogP contribution >= 0.6 is 0 Å². The monoisotopic (exact) mass is 404 g/mol. The molecule has 4 rings (SSSR count). The zero-order valence-electron chi connectivity index (χ0n) is 17.6. The fourth-order valence-corrected chi connectivity index (χ4v) is 3.83. The molecule has 1 amide bonds. The number of hydrogen-bond acceptors (Lipinski definition) is 4. The fraction of sp³-hybridized carbons (Fsp3) is 0.320. The highest BCUT2D eigenvalue weighted by Crippen LogP contribution is 2.30. The van der Waals surface area contributed by atoms with Gasteiger partial charge in [-0.1, -0.05) is 42.5 Å². The Morgan fingerprint density at radius 1 is 1.00 bits per heavy atom. The summed E-state index contributed by atoms with van der Waals surface area (Å²) in [5.74, 6) is 1.30. The molecule has 0 saturated heterocycles. The Balaban J connectivity index is 1.40. The summed E-state index contributed by atoms with van der Waals surface area (Å²) in [5, 5.41) is 5.52. The van der Waals surface area contributed by atoms with Crippen molar-refractivity contribution < 1.29 is 14.3 Å². The van der Waals surface area contributed by atoms with Crippen LogP contribution in [0.3, 0.4) is 0 Å². The summed E-state index contributed by atoms with van der Waals surface area (Å²) < 4.78 is 10.6. The van der Waals surface area contributed by atoms with Crippen molar-refractivity contribution in [2.75, 3.05) is 26.1 Å². The number of methoxy groups -OCH3 is 2. The highest BCUT2D eigenvalue weighted by molar-refractivity contribution is 5.91. The third-order valence-electron chi connectivity index (χ3n) is 5.58. The van der Waals surface area contributed by atoms with E-state index < -0.39 is 0 Å². The normalized spacial score (nSPS) is 13.4. The molecule has 3 aromatic carbocycles. The fourth-order valence-electron chi connectivity index (χ4n) is 3.83. The van der Waals surface area contributed by atoms with Gasteiger partial charge in [0.25, 0.3) is 0 Å². The maximum Gasteiger partial charge on any atom is 0.225 e. The van der Waals surface area contributed by atoms with E-state index in [0.29, 0.717) is 29.6 Å². The summed E-state index contributed by atoms with van der Waals surface area (Å²) in [5.41, 5.74) is 2.00. The standard InChI is InChI=1S/C25H28N2O3/c1-29-22-14-20(15-23(16-22)30-2)26-25(28)12-13-27(21-10-11-21)17-19-8-5-7-18-6-3-4-9-24(18)19/h3-9,14-16,21H,10-13,17H2,1-2H3,(H,26,28). The number of carbonyl (C=O) groups is 1. The zero-order valence-corrected chi connectivity index (χ0v) is 17.6. The van der Waals surface area contributed by atoms with Gasteiger partial charge in [-0.2, -0.15) is 0 Å². The summed E-state index contributed by atoms with van der Waals surface area (Å²) in [6.45, 7) is 1.60. The molecule has 0 atom stereocenters. The Labute approximate surface area is 177 Å². The van der Waals surface area contributed by atoms with Crippen molar-refractivity contribution in [1.82, 2.24) is 4.90 Å². The Morgan fingerprint density at radius 2 is 1.70 bits per heavy atom. The Hall–Kier alpha value is -3.05. The number of rotatable bonds is 9. The van der Waals surface area contributed by atoms with E-state index in [1.807, 2.05) is 0 Å². The van der Waals surface area contributed by atoms with Crippen LogP contribution in [0.4, 0.5) is 5.69 Å². The van der Waals surface area contributed by atoms with Crippen LogP contribution in [0.15, 0.2) is 60.7 Å². The average Bonchev–Trinajstić information content (AvgIpc) is 3.61. The third kappa shape index (κ3) is 4.92. The number of fused-ring (bicyclic) bond motifs is 1. The molecule has 5 nitrogen and oxygen atoms in total. The highest BCUT2D eigenvalue weighted by Gasteiger charge is 2.29. The SMILES string of the molecule is COc1cc(NC(=O)CCN(Cc2cccc3ccccc23)C2CC2)cc(OC)c1. The van der Waals surface area contributed by atoms with Gasteiger partial charge in [0.15, 0.2) is 0 Å². The first kappa shape index (κ1) is 20.2. The van der Waals surface area contributed by atoms with Gasteiger partial charge in [0.05, 0.1) is 14.2 Å². The summed E-state index contributed by atoms with van der Waals surface area (Å²) in [7, 11) is 3.20. The van der Waals surface area contributed by atoms with Gasteiger partial charge >= 0.3 is 0 Å². The van der Waals surface area contributed by atoms with E-state index in [1.54, 1.807) is 32.4 Å². The van der Waals surface area contributed by atoms with E-state index in [4.69, 9.17) is 9.47 Å². The van der Waals surface area contributed by atoms with Gasteiger partial charge in [-0.25, -0.2) is 0 Å².